The molecule has 1 unspecified atom stereocenters. The third kappa shape index (κ3) is 4.78. The second kappa shape index (κ2) is 9.44. The summed E-state index contributed by atoms with van der Waals surface area (Å²) in [6, 6.07) is 6.05. The molecule has 0 aromatic carbocycles. The van der Waals surface area contributed by atoms with Gasteiger partial charge >= 0.3 is 0 Å². The summed E-state index contributed by atoms with van der Waals surface area (Å²) >= 11 is 3.60. The zero-order valence-corrected chi connectivity index (χ0v) is 21.5. The summed E-state index contributed by atoms with van der Waals surface area (Å²) in [5, 5.41) is 2.98. The molecule has 3 aromatic rings. The first-order valence-electron chi connectivity index (χ1n) is 11.4. The highest BCUT2D eigenvalue weighted by molar-refractivity contribution is 9.10. The van der Waals surface area contributed by atoms with Crippen LogP contribution in [0.4, 0.5) is 0 Å². The Morgan fingerprint density at radius 3 is 2.52 bits per heavy atom. The molecular formula is C25H32BrN5O2. The highest BCUT2D eigenvalue weighted by atomic mass is 79.9. The van der Waals surface area contributed by atoms with Gasteiger partial charge in [-0.3, -0.25) is 14.5 Å². The number of hydrogen-bond donors (Lipinski definition) is 2. The monoisotopic (exact) mass is 513 g/mol. The van der Waals surface area contributed by atoms with Crippen LogP contribution in [0.15, 0.2) is 33.7 Å². The number of nitrogens with zero attached hydrogens (tertiary/aromatic N) is 3. The van der Waals surface area contributed by atoms with Gasteiger partial charge in [0.05, 0.1) is 0 Å². The third-order valence-electron chi connectivity index (χ3n) is 6.80. The molecule has 0 saturated carbocycles. The highest BCUT2D eigenvalue weighted by Gasteiger charge is 2.26. The van der Waals surface area contributed by atoms with Crippen molar-refractivity contribution < 1.29 is 4.79 Å². The van der Waals surface area contributed by atoms with Crippen LogP contribution in [0.2, 0.25) is 0 Å². The Morgan fingerprint density at radius 2 is 1.85 bits per heavy atom. The van der Waals surface area contributed by atoms with Gasteiger partial charge in [0.1, 0.15) is 0 Å². The second-order valence-electron chi connectivity index (χ2n) is 9.16. The minimum absolute atomic E-state index is 0.153. The van der Waals surface area contributed by atoms with Gasteiger partial charge in [0.25, 0.3) is 11.5 Å². The average molecular weight is 514 g/mol. The number of H-pyrrole nitrogens is 1. The Kier molecular flexibility index (Phi) is 6.79. The van der Waals surface area contributed by atoms with Crippen LogP contribution >= 0.6 is 15.9 Å². The predicted octanol–water partition coefficient (Wildman–Crippen LogP) is 3.55. The van der Waals surface area contributed by atoms with Gasteiger partial charge in [0.2, 0.25) is 0 Å². The van der Waals surface area contributed by atoms with Crippen LogP contribution in [0.3, 0.4) is 0 Å². The molecule has 1 amide bonds. The van der Waals surface area contributed by atoms with Crippen molar-refractivity contribution in [3.63, 3.8) is 0 Å². The lowest BCUT2D eigenvalue weighted by molar-refractivity contribution is 0.0949. The summed E-state index contributed by atoms with van der Waals surface area (Å²) in [5.74, 6) is -0.168. The van der Waals surface area contributed by atoms with Crippen LogP contribution in [0.25, 0.3) is 5.52 Å². The van der Waals surface area contributed by atoms with Gasteiger partial charge in [-0.25, -0.2) is 0 Å². The van der Waals surface area contributed by atoms with Gasteiger partial charge in [-0.2, -0.15) is 0 Å². The van der Waals surface area contributed by atoms with Gasteiger partial charge in [-0.1, -0.05) is 0 Å². The Bertz CT molecular complexity index is 1250. The molecule has 3 aromatic heterocycles. The maximum absolute atomic E-state index is 13.3. The predicted molar refractivity (Wildman–Crippen MR) is 135 cm³/mol. The van der Waals surface area contributed by atoms with E-state index in [1.165, 1.54) is 0 Å². The number of halogens is 1. The first-order valence-corrected chi connectivity index (χ1v) is 12.2. The number of piperazine rings is 1. The van der Waals surface area contributed by atoms with Crippen LogP contribution < -0.4 is 10.9 Å². The lowest BCUT2D eigenvalue weighted by atomic mass is 10.0. The molecule has 0 bridgehead atoms. The molecule has 33 heavy (non-hydrogen) atoms. The van der Waals surface area contributed by atoms with E-state index in [9.17, 15) is 9.59 Å². The molecule has 0 spiro atoms. The van der Waals surface area contributed by atoms with Crippen LogP contribution in [-0.4, -0.2) is 58.3 Å². The van der Waals surface area contributed by atoms with E-state index < -0.39 is 0 Å². The van der Waals surface area contributed by atoms with Crippen LogP contribution in [0.1, 0.15) is 51.4 Å². The first kappa shape index (κ1) is 23.7. The van der Waals surface area contributed by atoms with Crippen molar-refractivity contribution in [3.05, 3.63) is 72.9 Å². The van der Waals surface area contributed by atoms with Crippen molar-refractivity contribution in [1.82, 2.24) is 24.5 Å². The maximum atomic E-state index is 13.3. The molecule has 1 aliphatic heterocycles. The van der Waals surface area contributed by atoms with Gasteiger partial charge in [0.15, 0.2) is 0 Å². The minimum atomic E-state index is -0.168. The molecule has 8 heteroatoms. The zero-order valence-electron chi connectivity index (χ0n) is 20.0. The fraction of sp³-hybridized carbons (Fsp3) is 0.440. The van der Waals surface area contributed by atoms with E-state index in [0.29, 0.717) is 11.1 Å². The summed E-state index contributed by atoms with van der Waals surface area (Å²) in [6.45, 7) is 12.2. The van der Waals surface area contributed by atoms with Crippen LogP contribution in [0.5, 0.6) is 0 Å². The molecule has 4 rings (SSSR count). The van der Waals surface area contributed by atoms with E-state index in [1.54, 1.807) is 0 Å². The zero-order chi connectivity index (χ0) is 23.9. The van der Waals surface area contributed by atoms with Crippen LogP contribution in [0, 0.1) is 20.8 Å². The Hall–Kier alpha value is -2.42. The fourth-order valence-electron chi connectivity index (χ4n) is 4.84. The normalized spacial score (nSPS) is 16.3. The largest absolute Gasteiger partial charge is 0.348 e. The van der Waals surface area contributed by atoms with E-state index in [-0.39, 0.29) is 24.1 Å². The van der Waals surface area contributed by atoms with Gasteiger partial charge in [0, 0.05) is 77.5 Å². The third-order valence-corrected chi connectivity index (χ3v) is 7.24. The number of aromatic amines is 1. The summed E-state index contributed by atoms with van der Waals surface area (Å²) in [6.07, 6.45) is 2.07. The van der Waals surface area contributed by atoms with Crippen LogP contribution in [-0.2, 0) is 6.54 Å². The molecule has 4 heterocycles. The van der Waals surface area contributed by atoms with E-state index in [1.807, 2.05) is 39.0 Å². The lowest BCUT2D eigenvalue weighted by Crippen LogP contribution is -2.45. The van der Waals surface area contributed by atoms with Crippen molar-refractivity contribution in [2.45, 2.75) is 40.3 Å². The number of aryl methyl sites for hydroxylation is 2. The van der Waals surface area contributed by atoms with E-state index in [0.717, 1.165) is 58.7 Å². The standard InChI is InChI=1S/C25H32BrN5O2/c1-15-10-16(2)28-25(33)22(15)13-27-24(32)21-12-20-11-19(26)14-31(20)23(17(21)3)18(4)30-8-6-29(5)7-9-30/h10-12,14,18H,6-9,13H2,1-5H3,(H,27,32)(H,28,33). The number of nitrogens with one attached hydrogen (secondary N) is 2. The van der Waals surface area contributed by atoms with Crippen molar-refractivity contribution >= 4 is 27.4 Å². The molecule has 7 nitrogen and oxygen atoms in total. The highest BCUT2D eigenvalue weighted by Crippen LogP contribution is 2.30. The number of hydrogen-bond acceptors (Lipinski definition) is 4. The molecule has 0 radical (unpaired) electrons. The number of rotatable bonds is 5. The fourth-order valence-corrected chi connectivity index (χ4v) is 5.28. The van der Waals surface area contributed by atoms with Gasteiger partial charge < -0.3 is 19.6 Å². The second-order valence-corrected chi connectivity index (χ2v) is 10.1. The molecule has 1 atom stereocenters. The topological polar surface area (TPSA) is 72.9 Å². The number of fused-ring (bicyclic) bond motifs is 1. The molecule has 2 N–H and O–H groups in total. The molecule has 1 fully saturated rings. The molecule has 176 valence electrons. The Labute approximate surface area is 202 Å². The quantitative estimate of drug-likeness (QED) is 0.547. The average Bonchev–Trinajstić information content (AvgIpc) is 3.12. The lowest BCUT2D eigenvalue weighted by Gasteiger charge is -2.37. The van der Waals surface area contributed by atoms with Crippen molar-refractivity contribution in [2.75, 3.05) is 33.2 Å². The summed E-state index contributed by atoms with van der Waals surface area (Å²) < 4.78 is 3.17. The van der Waals surface area contributed by atoms with E-state index >= 15 is 0 Å². The summed E-state index contributed by atoms with van der Waals surface area (Å²) in [5.41, 5.74) is 5.83. The minimum Gasteiger partial charge on any atom is -0.348 e. The first-order chi connectivity index (χ1) is 15.7. The number of amides is 1. The summed E-state index contributed by atoms with van der Waals surface area (Å²) in [7, 11) is 2.15. The van der Waals surface area contributed by atoms with Crippen molar-refractivity contribution in [3.8, 4) is 0 Å². The van der Waals surface area contributed by atoms with Crippen molar-refractivity contribution in [1.29, 1.82) is 0 Å². The molecule has 1 aliphatic rings. The Balaban J connectivity index is 1.67. The number of carbonyl (C=O) groups is 1. The van der Waals surface area contributed by atoms with E-state index in [2.05, 4.69) is 60.6 Å². The maximum Gasteiger partial charge on any atom is 0.253 e. The SMILES string of the molecule is Cc1cc(C)c(CNC(=O)c2cc3cc(Br)cn3c(C(C)N3CCN(C)CC3)c2C)c(=O)[nH]1. The van der Waals surface area contributed by atoms with Crippen molar-refractivity contribution in [2.24, 2.45) is 0 Å². The Morgan fingerprint density at radius 1 is 1.15 bits per heavy atom. The number of aromatic nitrogens is 2. The molecule has 1 saturated heterocycles. The van der Waals surface area contributed by atoms with Gasteiger partial charge in [-0.15, -0.1) is 0 Å². The summed E-state index contributed by atoms with van der Waals surface area (Å²) in [4.78, 5) is 33.3. The number of carbonyl (C=O) groups excluding carboxylic acids is 1. The van der Waals surface area contributed by atoms with Gasteiger partial charge in [-0.05, 0) is 80.0 Å². The molecular weight excluding hydrogens is 482 g/mol. The number of pyridine rings is 2. The number of likely N-dealkylation sites (N-methyl/N-ethyl adjacent to an activating group) is 1. The smallest absolute Gasteiger partial charge is 0.253 e. The molecule has 0 aliphatic carbocycles. The van der Waals surface area contributed by atoms with E-state index in [4.69, 9.17) is 0 Å².